The fourth-order valence-electron chi connectivity index (χ4n) is 2.47. The fraction of sp³-hybridized carbons (Fsp3) is 0.286. The second kappa shape index (κ2) is 11.8. The van der Waals surface area contributed by atoms with E-state index < -0.39 is 29.9 Å². The normalized spacial score (nSPS) is 12.5. The van der Waals surface area contributed by atoms with Crippen LogP contribution in [-0.4, -0.2) is 41.9 Å². The second-order valence-corrected chi connectivity index (χ2v) is 8.20. The summed E-state index contributed by atoms with van der Waals surface area (Å²) in [4.78, 5) is 37.5. The molecule has 0 radical (unpaired) electrons. The summed E-state index contributed by atoms with van der Waals surface area (Å²) in [6.07, 6.45) is 1.19. The Morgan fingerprint density at radius 2 is 1.80 bits per heavy atom. The van der Waals surface area contributed by atoms with Crippen molar-refractivity contribution in [1.29, 1.82) is 0 Å². The molecule has 0 heterocycles. The molecule has 0 aliphatic heterocycles. The van der Waals surface area contributed by atoms with Crippen LogP contribution >= 0.6 is 35.0 Å². The predicted octanol–water partition coefficient (Wildman–Crippen LogP) is 4.42. The van der Waals surface area contributed by atoms with Gasteiger partial charge in [0.1, 0.15) is 6.04 Å². The molecule has 9 heteroatoms. The van der Waals surface area contributed by atoms with Crippen LogP contribution in [0.25, 0.3) is 0 Å². The molecule has 0 saturated carbocycles. The minimum atomic E-state index is -1.04. The Bertz CT molecular complexity index is 896. The van der Waals surface area contributed by atoms with Crippen molar-refractivity contribution in [3.63, 3.8) is 0 Å². The molecule has 6 nitrogen and oxygen atoms in total. The highest BCUT2D eigenvalue weighted by atomic mass is 35.5. The van der Waals surface area contributed by atoms with Crippen LogP contribution < -0.4 is 10.6 Å². The molecule has 0 saturated heterocycles. The van der Waals surface area contributed by atoms with E-state index in [1.807, 2.05) is 12.3 Å². The van der Waals surface area contributed by atoms with E-state index in [0.717, 1.165) is 0 Å². The molecule has 0 fully saturated rings. The molecule has 0 aliphatic carbocycles. The number of hydrogen-bond acceptors (Lipinski definition) is 5. The van der Waals surface area contributed by atoms with Crippen LogP contribution in [0.2, 0.25) is 10.0 Å². The van der Waals surface area contributed by atoms with E-state index in [1.54, 1.807) is 24.3 Å². The number of para-hydroxylation sites is 1. The standard InChI is InChI=1S/C21H22Cl2N2O4S/c1-13(19(26)24-15-6-4-3-5-7-15)29-21(28)18(10-11-30-2)25-20(27)16-9-8-14(22)12-17(16)23/h3-9,12-13,18H,10-11H2,1-2H3,(H,24,26)(H,25,27). The quantitative estimate of drug-likeness (QED) is 0.532. The summed E-state index contributed by atoms with van der Waals surface area (Å²) < 4.78 is 5.30. The molecule has 2 aromatic carbocycles. The van der Waals surface area contributed by atoms with Gasteiger partial charge in [0, 0.05) is 10.7 Å². The lowest BCUT2D eigenvalue weighted by atomic mass is 10.1. The van der Waals surface area contributed by atoms with Gasteiger partial charge in [-0.3, -0.25) is 9.59 Å². The Hall–Kier alpha value is -2.22. The van der Waals surface area contributed by atoms with Crippen molar-refractivity contribution in [2.24, 2.45) is 0 Å². The molecule has 2 N–H and O–H groups in total. The number of thioether (sulfide) groups is 1. The summed E-state index contributed by atoms with van der Waals surface area (Å²) in [7, 11) is 0. The zero-order valence-corrected chi connectivity index (χ0v) is 18.8. The Labute approximate surface area is 189 Å². The SMILES string of the molecule is CSCCC(NC(=O)c1ccc(Cl)cc1Cl)C(=O)OC(C)C(=O)Nc1ccccc1. The number of hydrogen-bond donors (Lipinski definition) is 2. The average molecular weight is 469 g/mol. The highest BCUT2D eigenvalue weighted by Gasteiger charge is 2.27. The number of anilines is 1. The lowest BCUT2D eigenvalue weighted by Gasteiger charge is -2.20. The van der Waals surface area contributed by atoms with Crippen LogP contribution in [-0.2, 0) is 14.3 Å². The van der Waals surface area contributed by atoms with Crippen LogP contribution in [0.5, 0.6) is 0 Å². The highest BCUT2D eigenvalue weighted by molar-refractivity contribution is 7.98. The van der Waals surface area contributed by atoms with Crippen LogP contribution in [0.15, 0.2) is 48.5 Å². The number of nitrogens with one attached hydrogen (secondary N) is 2. The topological polar surface area (TPSA) is 84.5 Å². The summed E-state index contributed by atoms with van der Waals surface area (Å²) in [5.74, 6) is -1.08. The number of halogens is 2. The maximum absolute atomic E-state index is 12.6. The molecule has 2 unspecified atom stereocenters. The van der Waals surface area contributed by atoms with Crippen molar-refractivity contribution in [3.8, 4) is 0 Å². The fourth-order valence-corrected chi connectivity index (χ4v) is 3.44. The number of ether oxygens (including phenoxy) is 1. The Balaban J connectivity index is 2.03. The van der Waals surface area contributed by atoms with Gasteiger partial charge in [-0.15, -0.1) is 0 Å². The molecular formula is C21H22Cl2N2O4S. The first kappa shape index (κ1) is 24.1. The number of esters is 1. The van der Waals surface area contributed by atoms with E-state index in [-0.39, 0.29) is 10.6 Å². The third-order valence-electron chi connectivity index (χ3n) is 4.08. The van der Waals surface area contributed by atoms with E-state index in [4.69, 9.17) is 27.9 Å². The maximum Gasteiger partial charge on any atom is 0.329 e. The van der Waals surface area contributed by atoms with E-state index >= 15 is 0 Å². The number of carbonyl (C=O) groups is 3. The lowest BCUT2D eigenvalue weighted by molar-refractivity contribution is -0.155. The van der Waals surface area contributed by atoms with Gasteiger partial charge in [-0.25, -0.2) is 4.79 Å². The van der Waals surface area contributed by atoms with E-state index in [1.165, 1.54) is 36.9 Å². The van der Waals surface area contributed by atoms with Gasteiger partial charge in [0.15, 0.2) is 6.10 Å². The molecule has 2 aromatic rings. The Morgan fingerprint density at radius 1 is 1.10 bits per heavy atom. The van der Waals surface area contributed by atoms with E-state index in [0.29, 0.717) is 22.9 Å². The largest absolute Gasteiger partial charge is 0.451 e. The number of rotatable bonds is 9. The molecule has 30 heavy (non-hydrogen) atoms. The van der Waals surface area contributed by atoms with Crippen LogP contribution in [0.1, 0.15) is 23.7 Å². The van der Waals surface area contributed by atoms with Gasteiger partial charge in [0.25, 0.3) is 11.8 Å². The van der Waals surface area contributed by atoms with E-state index in [9.17, 15) is 14.4 Å². The first-order chi connectivity index (χ1) is 14.3. The van der Waals surface area contributed by atoms with Crippen molar-refractivity contribution in [2.45, 2.75) is 25.5 Å². The predicted molar refractivity (Wildman–Crippen MR) is 121 cm³/mol. The summed E-state index contributed by atoms with van der Waals surface area (Å²) in [6.45, 7) is 1.47. The number of carbonyl (C=O) groups excluding carboxylic acids is 3. The van der Waals surface area contributed by atoms with Crippen molar-refractivity contribution < 1.29 is 19.1 Å². The highest BCUT2D eigenvalue weighted by Crippen LogP contribution is 2.21. The molecular weight excluding hydrogens is 447 g/mol. The second-order valence-electron chi connectivity index (χ2n) is 6.37. The summed E-state index contributed by atoms with van der Waals surface area (Å²) in [5, 5.41) is 5.88. The van der Waals surface area contributed by atoms with Gasteiger partial charge >= 0.3 is 5.97 Å². The minimum absolute atomic E-state index is 0.174. The first-order valence-electron chi connectivity index (χ1n) is 9.13. The van der Waals surface area contributed by atoms with Crippen LogP contribution in [0.3, 0.4) is 0 Å². The Kier molecular flexibility index (Phi) is 9.49. The molecule has 2 amide bonds. The monoisotopic (exact) mass is 468 g/mol. The van der Waals surface area contributed by atoms with Crippen molar-refractivity contribution >= 4 is 58.4 Å². The maximum atomic E-state index is 12.6. The molecule has 0 bridgehead atoms. The third kappa shape index (κ3) is 7.23. The zero-order valence-electron chi connectivity index (χ0n) is 16.5. The summed E-state index contributed by atoms with van der Waals surface area (Å²) >= 11 is 13.5. The zero-order chi connectivity index (χ0) is 22.1. The summed E-state index contributed by atoms with van der Waals surface area (Å²) in [5.41, 5.74) is 0.785. The van der Waals surface area contributed by atoms with Gasteiger partial charge in [-0.05, 0) is 55.7 Å². The molecule has 2 atom stereocenters. The first-order valence-corrected chi connectivity index (χ1v) is 11.3. The van der Waals surface area contributed by atoms with E-state index in [2.05, 4.69) is 10.6 Å². The molecule has 0 aromatic heterocycles. The van der Waals surface area contributed by atoms with Gasteiger partial charge in [0.2, 0.25) is 0 Å². The summed E-state index contributed by atoms with van der Waals surface area (Å²) in [6, 6.07) is 12.4. The lowest BCUT2D eigenvalue weighted by Crippen LogP contribution is -2.44. The smallest absolute Gasteiger partial charge is 0.329 e. The number of amides is 2. The van der Waals surface area contributed by atoms with Gasteiger partial charge in [0.05, 0.1) is 10.6 Å². The molecule has 2 rings (SSSR count). The van der Waals surface area contributed by atoms with Gasteiger partial charge in [-0.1, -0.05) is 41.4 Å². The average Bonchev–Trinajstić information content (AvgIpc) is 2.71. The van der Waals surface area contributed by atoms with Crippen LogP contribution in [0.4, 0.5) is 5.69 Å². The Morgan fingerprint density at radius 3 is 2.43 bits per heavy atom. The molecule has 160 valence electrons. The van der Waals surface area contributed by atoms with Gasteiger partial charge < -0.3 is 15.4 Å². The number of benzene rings is 2. The molecule has 0 spiro atoms. The van der Waals surface area contributed by atoms with Crippen LogP contribution in [0, 0.1) is 0 Å². The third-order valence-corrected chi connectivity index (χ3v) is 5.27. The van der Waals surface area contributed by atoms with Crippen molar-refractivity contribution in [2.75, 3.05) is 17.3 Å². The minimum Gasteiger partial charge on any atom is -0.451 e. The van der Waals surface area contributed by atoms with Gasteiger partial charge in [-0.2, -0.15) is 11.8 Å². The van der Waals surface area contributed by atoms with Crippen molar-refractivity contribution in [3.05, 3.63) is 64.1 Å². The molecule has 0 aliphatic rings. The van der Waals surface area contributed by atoms with Crippen molar-refractivity contribution in [1.82, 2.24) is 5.32 Å².